The van der Waals surface area contributed by atoms with Gasteiger partial charge in [-0.25, -0.2) is 4.79 Å². The molecule has 2 fully saturated rings. The second-order valence-electron chi connectivity index (χ2n) is 7.05. The molecule has 0 aromatic rings. The predicted octanol–water partition coefficient (Wildman–Crippen LogP) is 2.71. The molecule has 2 amide bonds. The van der Waals surface area contributed by atoms with E-state index in [4.69, 9.17) is 0 Å². The van der Waals surface area contributed by atoms with E-state index in [9.17, 15) is 14.7 Å². The molecule has 1 heterocycles. The number of carbonyl (C=O) groups excluding carboxylic acids is 1. The summed E-state index contributed by atoms with van der Waals surface area (Å²) in [6.45, 7) is 7.12. The fraction of sp³-hybridized carbons (Fsp3) is 0.875. The van der Waals surface area contributed by atoms with E-state index in [0.717, 1.165) is 19.3 Å². The monoisotopic (exact) mass is 296 g/mol. The number of carboxylic acid groups (broad SMARTS) is 1. The third-order valence-electron chi connectivity index (χ3n) is 5.56. The predicted molar refractivity (Wildman–Crippen MR) is 81.0 cm³/mol. The Morgan fingerprint density at radius 3 is 2.67 bits per heavy atom. The van der Waals surface area contributed by atoms with Crippen LogP contribution in [0.5, 0.6) is 0 Å². The van der Waals surface area contributed by atoms with Gasteiger partial charge in [-0.15, -0.1) is 0 Å². The highest BCUT2D eigenvalue weighted by atomic mass is 16.4. The maximum Gasteiger partial charge on any atom is 0.317 e. The summed E-state index contributed by atoms with van der Waals surface area (Å²) in [5.74, 6) is 0.399. The first-order valence-corrected chi connectivity index (χ1v) is 8.16. The van der Waals surface area contributed by atoms with Gasteiger partial charge in [0.15, 0.2) is 0 Å². The minimum absolute atomic E-state index is 0.0872. The fourth-order valence-corrected chi connectivity index (χ4v) is 3.86. The van der Waals surface area contributed by atoms with E-state index in [1.165, 1.54) is 6.42 Å². The number of hydrogen-bond donors (Lipinski definition) is 2. The Bertz CT molecular complexity index is 412. The van der Waals surface area contributed by atoms with E-state index >= 15 is 0 Å². The van der Waals surface area contributed by atoms with Crippen molar-refractivity contribution < 1.29 is 14.7 Å². The van der Waals surface area contributed by atoms with Gasteiger partial charge in [0.25, 0.3) is 0 Å². The minimum Gasteiger partial charge on any atom is -0.481 e. The molecule has 1 aliphatic heterocycles. The second-order valence-corrected chi connectivity index (χ2v) is 7.05. The van der Waals surface area contributed by atoms with Gasteiger partial charge in [-0.3, -0.25) is 4.79 Å². The van der Waals surface area contributed by atoms with Gasteiger partial charge in [0, 0.05) is 19.1 Å². The standard InChI is InChI=1S/C16H28N2O3/c1-4-12-6-7-13(11(12)2)17-15(21)18-9-5-8-16(3,10-18)14(19)20/h11-13H,4-10H2,1-3H3,(H,17,21)(H,19,20). The summed E-state index contributed by atoms with van der Waals surface area (Å²) in [6.07, 6.45) is 4.77. The number of carboxylic acids is 1. The van der Waals surface area contributed by atoms with Crippen LogP contribution in [-0.4, -0.2) is 41.1 Å². The quantitative estimate of drug-likeness (QED) is 0.841. The van der Waals surface area contributed by atoms with Crippen molar-refractivity contribution in [3.63, 3.8) is 0 Å². The minimum atomic E-state index is -0.805. The second kappa shape index (κ2) is 6.24. The zero-order valence-electron chi connectivity index (χ0n) is 13.4. The molecular weight excluding hydrogens is 268 g/mol. The van der Waals surface area contributed by atoms with Crippen molar-refractivity contribution >= 4 is 12.0 Å². The van der Waals surface area contributed by atoms with Crippen molar-refractivity contribution in [3.8, 4) is 0 Å². The smallest absolute Gasteiger partial charge is 0.317 e. The molecule has 5 nitrogen and oxygen atoms in total. The number of rotatable bonds is 3. The third-order valence-corrected chi connectivity index (χ3v) is 5.56. The lowest BCUT2D eigenvalue weighted by molar-refractivity contribution is -0.150. The van der Waals surface area contributed by atoms with Crippen molar-refractivity contribution in [2.75, 3.05) is 13.1 Å². The molecule has 21 heavy (non-hydrogen) atoms. The van der Waals surface area contributed by atoms with Gasteiger partial charge in [-0.05, 0) is 44.4 Å². The largest absolute Gasteiger partial charge is 0.481 e. The highest BCUT2D eigenvalue weighted by molar-refractivity contribution is 5.78. The van der Waals surface area contributed by atoms with Crippen molar-refractivity contribution in [2.24, 2.45) is 17.3 Å². The maximum absolute atomic E-state index is 12.4. The highest BCUT2D eigenvalue weighted by Gasteiger charge is 2.40. The van der Waals surface area contributed by atoms with Gasteiger partial charge in [-0.1, -0.05) is 20.3 Å². The van der Waals surface area contributed by atoms with E-state index in [1.54, 1.807) is 11.8 Å². The molecule has 5 heteroatoms. The molecule has 0 bridgehead atoms. The molecule has 120 valence electrons. The number of amides is 2. The molecule has 4 atom stereocenters. The Morgan fingerprint density at radius 2 is 2.10 bits per heavy atom. The van der Waals surface area contributed by atoms with Crippen LogP contribution in [0, 0.1) is 17.3 Å². The SMILES string of the molecule is CCC1CCC(NC(=O)N2CCCC(C)(C(=O)O)C2)C1C. The summed E-state index contributed by atoms with van der Waals surface area (Å²) in [4.78, 5) is 25.5. The molecule has 0 aromatic carbocycles. The summed E-state index contributed by atoms with van der Waals surface area (Å²) in [5, 5.41) is 12.5. The van der Waals surface area contributed by atoms with E-state index in [1.807, 2.05) is 0 Å². The van der Waals surface area contributed by atoms with Crippen LogP contribution in [0.2, 0.25) is 0 Å². The van der Waals surface area contributed by atoms with Gasteiger partial charge in [-0.2, -0.15) is 0 Å². The van der Waals surface area contributed by atoms with Crippen LogP contribution in [0.4, 0.5) is 4.79 Å². The summed E-state index contributed by atoms with van der Waals surface area (Å²) >= 11 is 0. The van der Waals surface area contributed by atoms with Crippen molar-refractivity contribution in [3.05, 3.63) is 0 Å². The number of piperidine rings is 1. The number of carbonyl (C=O) groups is 2. The summed E-state index contributed by atoms with van der Waals surface area (Å²) < 4.78 is 0. The van der Waals surface area contributed by atoms with Crippen molar-refractivity contribution in [1.29, 1.82) is 0 Å². The van der Waals surface area contributed by atoms with Crippen molar-refractivity contribution in [1.82, 2.24) is 10.2 Å². The number of urea groups is 1. The molecule has 4 unspecified atom stereocenters. The van der Waals surface area contributed by atoms with Crippen LogP contribution < -0.4 is 5.32 Å². The third kappa shape index (κ3) is 3.33. The molecule has 1 saturated heterocycles. The Hall–Kier alpha value is -1.26. The topological polar surface area (TPSA) is 69.6 Å². The van der Waals surface area contributed by atoms with Crippen molar-refractivity contribution in [2.45, 2.75) is 58.9 Å². The van der Waals surface area contributed by atoms with Gasteiger partial charge in [0.2, 0.25) is 0 Å². The van der Waals surface area contributed by atoms with Crippen LogP contribution in [0.1, 0.15) is 52.9 Å². The highest BCUT2D eigenvalue weighted by Crippen LogP contribution is 2.34. The average Bonchev–Trinajstić information content (AvgIpc) is 2.79. The van der Waals surface area contributed by atoms with Gasteiger partial charge < -0.3 is 15.3 Å². The van der Waals surface area contributed by atoms with Crippen LogP contribution in [0.15, 0.2) is 0 Å². The van der Waals surface area contributed by atoms with Crippen LogP contribution in [-0.2, 0) is 4.79 Å². The fourth-order valence-electron chi connectivity index (χ4n) is 3.86. The molecule has 2 rings (SSSR count). The first-order valence-electron chi connectivity index (χ1n) is 8.16. The first-order chi connectivity index (χ1) is 9.87. The molecule has 0 spiro atoms. The molecular formula is C16H28N2O3. The molecule has 1 saturated carbocycles. The van der Waals surface area contributed by atoms with Gasteiger partial charge in [0.05, 0.1) is 5.41 Å². The van der Waals surface area contributed by atoms with Crippen LogP contribution in [0.3, 0.4) is 0 Å². The Morgan fingerprint density at radius 1 is 1.38 bits per heavy atom. The summed E-state index contributed by atoms with van der Waals surface area (Å²) in [7, 11) is 0. The summed E-state index contributed by atoms with van der Waals surface area (Å²) in [5.41, 5.74) is -0.803. The molecule has 2 N–H and O–H groups in total. The zero-order chi connectivity index (χ0) is 15.6. The Kier molecular flexibility index (Phi) is 4.79. The van der Waals surface area contributed by atoms with E-state index in [2.05, 4.69) is 19.2 Å². The van der Waals surface area contributed by atoms with E-state index in [-0.39, 0.29) is 12.1 Å². The normalized spacial score (nSPS) is 36.5. The summed E-state index contributed by atoms with van der Waals surface area (Å²) in [6, 6.07) is 0.149. The molecule has 0 radical (unpaired) electrons. The Labute approximate surface area is 127 Å². The van der Waals surface area contributed by atoms with Crippen LogP contribution >= 0.6 is 0 Å². The molecule has 2 aliphatic rings. The van der Waals surface area contributed by atoms with Gasteiger partial charge in [0.1, 0.15) is 0 Å². The van der Waals surface area contributed by atoms with Crippen LogP contribution in [0.25, 0.3) is 0 Å². The molecule has 1 aliphatic carbocycles. The lowest BCUT2D eigenvalue weighted by Crippen LogP contribution is -2.53. The number of nitrogens with one attached hydrogen (secondary N) is 1. The number of hydrogen-bond acceptors (Lipinski definition) is 2. The lowest BCUT2D eigenvalue weighted by atomic mass is 9.82. The van der Waals surface area contributed by atoms with E-state index in [0.29, 0.717) is 31.3 Å². The first kappa shape index (κ1) is 16.1. The molecule has 0 aromatic heterocycles. The number of nitrogens with zero attached hydrogens (tertiary/aromatic N) is 1. The number of likely N-dealkylation sites (tertiary alicyclic amines) is 1. The lowest BCUT2D eigenvalue weighted by Gasteiger charge is -2.38. The average molecular weight is 296 g/mol. The number of aliphatic carboxylic acids is 1. The Balaban J connectivity index is 1.93. The van der Waals surface area contributed by atoms with E-state index < -0.39 is 11.4 Å². The van der Waals surface area contributed by atoms with Gasteiger partial charge >= 0.3 is 12.0 Å². The maximum atomic E-state index is 12.4. The zero-order valence-corrected chi connectivity index (χ0v) is 13.4.